The van der Waals surface area contributed by atoms with E-state index in [4.69, 9.17) is 16.7 Å². The van der Waals surface area contributed by atoms with E-state index in [1.165, 1.54) is 0 Å². The maximum atomic E-state index is 12.5. The second-order valence-corrected chi connectivity index (χ2v) is 5.78. The fraction of sp³-hybridized carbons (Fsp3) is 0.500. The van der Waals surface area contributed by atoms with Gasteiger partial charge in [-0.3, -0.25) is 4.79 Å². The molecule has 1 aromatic carbocycles. The lowest BCUT2D eigenvalue weighted by atomic mass is 9.91. The first kappa shape index (κ1) is 12.0. The molecule has 0 radical (unpaired) electrons. The summed E-state index contributed by atoms with van der Waals surface area (Å²) < 4.78 is 0. The summed E-state index contributed by atoms with van der Waals surface area (Å²) in [5.41, 5.74) is 0.773. The van der Waals surface area contributed by atoms with Crippen LogP contribution in [0.2, 0.25) is 5.02 Å². The lowest BCUT2D eigenvalue weighted by molar-refractivity contribution is -0.141. The Labute approximate surface area is 111 Å². The predicted molar refractivity (Wildman–Crippen MR) is 69.5 cm³/mol. The van der Waals surface area contributed by atoms with Crippen molar-refractivity contribution in [3.63, 3.8) is 0 Å². The minimum absolute atomic E-state index is 0.178. The Morgan fingerprint density at radius 2 is 1.94 bits per heavy atom. The number of aliphatic hydroxyl groups excluding tert-OH is 1. The average Bonchev–Trinajstić information content (AvgIpc) is 3.10. The fourth-order valence-corrected chi connectivity index (χ4v) is 2.80. The molecule has 3 nitrogen and oxygen atoms in total. The van der Waals surface area contributed by atoms with Crippen LogP contribution in [0.25, 0.3) is 0 Å². The second kappa shape index (κ2) is 4.25. The number of hydrogen-bond donors (Lipinski definition) is 1. The summed E-state index contributed by atoms with van der Waals surface area (Å²) in [4.78, 5) is 14.3. The van der Waals surface area contributed by atoms with Gasteiger partial charge in [0.15, 0.2) is 0 Å². The van der Waals surface area contributed by atoms with Crippen molar-refractivity contribution in [3.05, 3.63) is 34.9 Å². The van der Waals surface area contributed by atoms with E-state index in [-0.39, 0.29) is 23.8 Å². The van der Waals surface area contributed by atoms with Crippen LogP contribution in [0.3, 0.4) is 0 Å². The maximum Gasteiger partial charge on any atom is 0.233 e. The Kier molecular flexibility index (Phi) is 2.83. The van der Waals surface area contributed by atoms with Gasteiger partial charge in [-0.15, -0.1) is 0 Å². The summed E-state index contributed by atoms with van der Waals surface area (Å²) >= 11 is 5.88. The van der Waals surface area contributed by atoms with Crippen LogP contribution in [0, 0.1) is 5.92 Å². The van der Waals surface area contributed by atoms with Gasteiger partial charge >= 0.3 is 0 Å². The van der Waals surface area contributed by atoms with Crippen molar-refractivity contribution in [2.75, 3.05) is 19.7 Å². The molecule has 1 amide bonds. The Hall–Kier alpha value is -1.06. The lowest BCUT2D eigenvalue weighted by Gasteiger charge is -2.40. The van der Waals surface area contributed by atoms with Gasteiger partial charge < -0.3 is 10.0 Å². The van der Waals surface area contributed by atoms with Crippen LogP contribution in [0.5, 0.6) is 0 Å². The van der Waals surface area contributed by atoms with Gasteiger partial charge in [0.25, 0.3) is 0 Å². The van der Waals surface area contributed by atoms with Gasteiger partial charge in [-0.1, -0.05) is 23.7 Å². The van der Waals surface area contributed by atoms with E-state index in [0.717, 1.165) is 18.4 Å². The summed E-state index contributed by atoms with van der Waals surface area (Å²) in [6, 6.07) is 7.60. The zero-order valence-electron chi connectivity index (χ0n) is 10.1. The van der Waals surface area contributed by atoms with Gasteiger partial charge in [-0.25, -0.2) is 0 Å². The van der Waals surface area contributed by atoms with Crippen molar-refractivity contribution in [2.24, 2.45) is 5.92 Å². The van der Waals surface area contributed by atoms with Gasteiger partial charge in [0, 0.05) is 30.6 Å². The first-order valence-corrected chi connectivity index (χ1v) is 6.70. The minimum atomic E-state index is -0.301. The summed E-state index contributed by atoms with van der Waals surface area (Å²) in [5, 5.41) is 9.70. The highest BCUT2D eigenvalue weighted by Gasteiger charge is 2.54. The third-order valence-corrected chi connectivity index (χ3v) is 4.31. The van der Waals surface area contributed by atoms with Crippen LogP contribution in [0.4, 0.5) is 0 Å². The molecule has 1 heterocycles. The molecular formula is C14H16ClNO2. The number of likely N-dealkylation sites (tertiary alicyclic amines) is 1. The minimum Gasteiger partial charge on any atom is -0.396 e. The molecule has 96 valence electrons. The van der Waals surface area contributed by atoms with Gasteiger partial charge in [-0.05, 0) is 30.5 Å². The molecule has 2 aliphatic rings. The van der Waals surface area contributed by atoms with E-state index in [1.807, 2.05) is 29.2 Å². The normalized spacial score (nSPS) is 21.6. The number of amides is 1. The topological polar surface area (TPSA) is 40.5 Å². The van der Waals surface area contributed by atoms with Gasteiger partial charge in [0.05, 0.1) is 5.41 Å². The molecule has 2 fully saturated rings. The molecule has 1 aromatic rings. The third-order valence-electron chi connectivity index (χ3n) is 4.06. The number of aliphatic hydroxyl groups is 1. The first-order chi connectivity index (χ1) is 8.65. The van der Waals surface area contributed by atoms with E-state index < -0.39 is 0 Å². The molecule has 1 saturated heterocycles. The molecular weight excluding hydrogens is 250 g/mol. The highest BCUT2D eigenvalue weighted by atomic mass is 35.5. The Morgan fingerprint density at radius 3 is 2.44 bits per heavy atom. The van der Waals surface area contributed by atoms with E-state index in [0.29, 0.717) is 18.1 Å². The van der Waals surface area contributed by atoms with Crippen LogP contribution in [0.15, 0.2) is 24.3 Å². The standard InChI is InChI=1S/C14H16ClNO2/c15-12-3-1-11(2-4-12)14(5-6-14)13(18)16-7-10(8-16)9-17/h1-4,10,17H,5-9H2. The molecule has 1 saturated carbocycles. The number of carbonyl (C=O) groups is 1. The zero-order valence-corrected chi connectivity index (χ0v) is 10.9. The van der Waals surface area contributed by atoms with Crippen molar-refractivity contribution in [3.8, 4) is 0 Å². The van der Waals surface area contributed by atoms with E-state index in [1.54, 1.807) is 0 Å². The van der Waals surface area contributed by atoms with E-state index >= 15 is 0 Å². The third kappa shape index (κ3) is 1.82. The number of nitrogens with zero attached hydrogens (tertiary/aromatic N) is 1. The van der Waals surface area contributed by atoms with Crippen molar-refractivity contribution < 1.29 is 9.90 Å². The van der Waals surface area contributed by atoms with Crippen molar-refractivity contribution in [2.45, 2.75) is 18.3 Å². The molecule has 1 aliphatic heterocycles. The molecule has 0 aromatic heterocycles. The molecule has 0 spiro atoms. The number of hydrogen-bond acceptors (Lipinski definition) is 2. The molecule has 0 unspecified atom stereocenters. The van der Waals surface area contributed by atoms with Crippen molar-refractivity contribution >= 4 is 17.5 Å². The second-order valence-electron chi connectivity index (χ2n) is 5.35. The molecule has 1 aliphatic carbocycles. The van der Waals surface area contributed by atoms with E-state index in [9.17, 15) is 4.79 Å². The highest BCUT2D eigenvalue weighted by molar-refractivity contribution is 6.30. The predicted octanol–water partition coefficient (Wildman–Crippen LogP) is 1.82. The Morgan fingerprint density at radius 1 is 1.33 bits per heavy atom. The first-order valence-electron chi connectivity index (χ1n) is 6.32. The molecule has 18 heavy (non-hydrogen) atoms. The summed E-state index contributed by atoms with van der Waals surface area (Å²) in [7, 11) is 0. The molecule has 3 rings (SSSR count). The molecule has 0 bridgehead atoms. The van der Waals surface area contributed by atoms with Crippen molar-refractivity contribution in [1.82, 2.24) is 4.90 Å². The molecule has 1 N–H and O–H groups in total. The van der Waals surface area contributed by atoms with Crippen LogP contribution in [0.1, 0.15) is 18.4 Å². The van der Waals surface area contributed by atoms with Crippen LogP contribution in [-0.2, 0) is 10.2 Å². The Balaban J connectivity index is 1.75. The quantitative estimate of drug-likeness (QED) is 0.906. The Bertz CT molecular complexity index is 461. The SMILES string of the molecule is O=C(N1CC(CO)C1)C1(c2ccc(Cl)cc2)CC1. The monoisotopic (exact) mass is 265 g/mol. The number of rotatable bonds is 3. The van der Waals surface area contributed by atoms with Gasteiger partial charge in [0.1, 0.15) is 0 Å². The number of halogens is 1. The zero-order chi connectivity index (χ0) is 12.8. The molecule has 4 heteroatoms. The number of carbonyl (C=O) groups excluding carboxylic acids is 1. The summed E-state index contributed by atoms with van der Waals surface area (Å²) in [6.07, 6.45) is 1.85. The van der Waals surface area contributed by atoms with Crippen LogP contribution < -0.4 is 0 Å². The van der Waals surface area contributed by atoms with Gasteiger partial charge in [-0.2, -0.15) is 0 Å². The smallest absolute Gasteiger partial charge is 0.233 e. The molecule has 0 atom stereocenters. The van der Waals surface area contributed by atoms with Crippen LogP contribution in [-0.4, -0.2) is 35.6 Å². The highest BCUT2D eigenvalue weighted by Crippen LogP contribution is 2.50. The van der Waals surface area contributed by atoms with Crippen LogP contribution >= 0.6 is 11.6 Å². The summed E-state index contributed by atoms with van der Waals surface area (Å²) in [5.74, 6) is 0.490. The van der Waals surface area contributed by atoms with Gasteiger partial charge in [0.2, 0.25) is 5.91 Å². The fourth-order valence-electron chi connectivity index (χ4n) is 2.67. The van der Waals surface area contributed by atoms with Crippen molar-refractivity contribution in [1.29, 1.82) is 0 Å². The van der Waals surface area contributed by atoms with E-state index in [2.05, 4.69) is 0 Å². The summed E-state index contributed by atoms with van der Waals surface area (Å²) in [6.45, 7) is 1.58. The largest absolute Gasteiger partial charge is 0.396 e. The lowest BCUT2D eigenvalue weighted by Crippen LogP contribution is -2.54. The average molecular weight is 266 g/mol. The number of benzene rings is 1. The maximum absolute atomic E-state index is 12.5.